The Hall–Kier alpha value is -7.32. The van der Waals surface area contributed by atoms with E-state index >= 15 is 0 Å². The smallest absolute Gasteiger partial charge is 0.223 e. The van der Waals surface area contributed by atoms with Crippen molar-refractivity contribution < 1.29 is 20.4 Å². The Labute approximate surface area is 332 Å². The van der Waals surface area contributed by atoms with Crippen LogP contribution in [-0.2, 0) is 19.3 Å². The molecule has 6 aromatic carbocycles. The van der Waals surface area contributed by atoms with E-state index in [0.29, 0.717) is 29.2 Å². The summed E-state index contributed by atoms with van der Waals surface area (Å²) in [6, 6.07) is 51.4. The van der Waals surface area contributed by atoms with E-state index in [1.807, 2.05) is 97.1 Å². The number of nitrogens with one attached hydrogen (secondary N) is 2. The van der Waals surface area contributed by atoms with E-state index < -0.39 is 0 Å². The average Bonchev–Trinajstić information content (AvgIpc) is 3.66. The summed E-state index contributed by atoms with van der Waals surface area (Å²) in [7, 11) is 0. The van der Waals surface area contributed by atoms with E-state index in [1.165, 1.54) is 43.5 Å². The van der Waals surface area contributed by atoms with Gasteiger partial charge in [-0.1, -0.05) is 108 Å². The summed E-state index contributed by atoms with van der Waals surface area (Å²) >= 11 is 0. The van der Waals surface area contributed by atoms with Crippen molar-refractivity contribution in [1.29, 1.82) is 0 Å². The molecule has 2 aromatic heterocycles. The van der Waals surface area contributed by atoms with Gasteiger partial charge in [-0.05, 0) is 115 Å². The Bertz CT molecular complexity index is 2420. The molecule has 0 radical (unpaired) electrons. The maximum absolute atomic E-state index is 11.1. The lowest BCUT2D eigenvalue weighted by atomic mass is 10.0. The fourth-order valence-corrected chi connectivity index (χ4v) is 7.03. The zero-order chi connectivity index (χ0) is 39.5. The van der Waals surface area contributed by atoms with Crippen molar-refractivity contribution in [2.45, 2.75) is 33.1 Å². The summed E-state index contributed by atoms with van der Waals surface area (Å²) < 4.78 is 2.83. The highest BCUT2D eigenvalue weighted by atomic mass is 16.3. The number of nitrogens with zero attached hydrogens (tertiary/aromatic N) is 2. The molecule has 0 atom stereocenters. The second-order valence-electron chi connectivity index (χ2n) is 14.6. The minimum atomic E-state index is -0.0834. The van der Waals surface area contributed by atoms with Gasteiger partial charge in [-0.15, -0.1) is 0 Å². The normalized spacial score (nSPS) is 11.1. The number of hydrogen-bond donors (Lipinski definition) is 6. The molecule has 284 valence electrons. The first-order chi connectivity index (χ1) is 27.6. The molecule has 0 unspecified atom stereocenters. The number of aromatic hydroxyl groups is 4. The molecule has 8 nitrogen and oxygen atoms in total. The fraction of sp³-hybridized carbons (Fsp3) is 0.102. The summed E-state index contributed by atoms with van der Waals surface area (Å²) in [6.07, 6.45) is 2.30. The Morgan fingerprint density at radius 2 is 0.632 bits per heavy atom. The second kappa shape index (κ2) is 15.8. The van der Waals surface area contributed by atoms with Crippen molar-refractivity contribution in [3.8, 4) is 34.9 Å². The first-order valence-electron chi connectivity index (χ1n) is 18.9. The van der Waals surface area contributed by atoms with Crippen LogP contribution in [0.5, 0.6) is 23.5 Å². The molecule has 0 amide bonds. The highest BCUT2D eigenvalue weighted by Gasteiger charge is 2.18. The summed E-state index contributed by atoms with van der Waals surface area (Å²) in [4.78, 5) is 0. The van der Waals surface area contributed by atoms with Gasteiger partial charge >= 0.3 is 0 Å². The molecule has 8 heteroatoms. The van der Waals surface area contributed by atoms with Crippen molar-refractivity contribution in [1.82, 2.24) is 9.13 Å². The number of aryl methyl sites for hydroxylation is 2. The van der Waals surface area contributed by atoms with Crippen LogP contribution < -0.4 is 10.6 Å². The van der Waals surface area contributed by atoms with Gasteiger partial charge in [0.05, 0.1) is 11.4 Å². The molecule has 0 aliphatic rings. The van der Waals surface area contributed by atoms with Gasteiger partial charge in [0.25, 0.3) is 0 Å². The summed E-state index contributed by atoms with van der Waals surface area (Å²) in [5, 5.41) is 50.1. The van der Waals surface area contributed by atoms with Crippen LogP contribution in [0.25, 0.3) is 11.4 Å². The van der Waals surface area contributed by atoms with Gasteiger partial charge in [-0.2, -0.15) is 0 Å². The topological polar surface area (TPSA) is 115 Å². The number of hydrogen-bond acceptors (Lipinski definition) is 6. The molecular weight excluding hydrogens is 709 g/mol. The lowest BCUT2D eigenvalue weighted by Gasteiger charge is -2.11. The molecule has 0 aliphatic heterocycles. The van der Waals surface area contributed by atoms with Gasteiger partial charge in [0.15, 0.2) is 0 Å². The Kier molecular flexibility index (Phi) is 10.2. The average molecular weight is 753 g/mol. The Morgan fingerprint density at radius 1 is 0.368 bits per heavy atom. The quantitative estimate of drug-likeness (QED) is 0.0740. The van der Waals surface area contributed by atoms with Crippen molar-refractivity contribution in [3.63, 3.8) is 0 Å². The van der Waals surface area contributed by atoms with E-state index in [-0.39, 0.29) is 23.5 Å². The van der Waals surface area contributed by atoms with Crippen LogP contribution in [0.15, 0.2) is 158 Å². The molecule has 0 aliphatic carbocycles. The molecule has 0 spiro atoms. The van der Waals surface area contributed by atoms with Gasteiger partial charge in [0, 0.05) is 23.5 Å². The van der Waals surface area contributed by atoms with E-state index in [2.05, 4.69) is 73.0 Å². The third kappa shape index (κ3) is 8.35. The lowest BCUT2D eigenvalue weighted by Crippen LogP contribution is -1.96. The summed E-state index contributed by atoms with van der Waals surface area (Å²) in [5.41, 5.74) is 13.0. The molecule has 8 aromatic rings. The Morgan fingerprint density at radius 3 is 0.930 bits per heavy atom. The van der Waals surface area contributed by atoms with Gasteiger partial charge in [-0.25, -0.2) is 9.13 Å². The van der Waals surface area contributed by atoms with E-state index in [1.54, 1.807) is 0 Å². The predicted molar refractivity (Wildman–Crippen MR) is 228 cm³/mol. The van der Waals surface area contributed by atoms with Gasteiger partial charge < -0.3 is 31.1 Å². The minimum absolute atomic E-state index is 0.0695. The SMILES string of the molecule is Cc1ccc(Cc2ccc(-n3c(O)cc(Nc4ccc(Cc5ccc(Nc6cc(O)n(-c7ccc(Cc8ccc(C)cc8)cc7)c6O)cc5)cc4)c3O)cc2)cc1. The molecule has 8 rings (SSSR count). The van der Waals surface area contributed by atoms with E-state index in [0.717, 1.165) is 46.5 Å². The first kappa shape index (κ1) is 36.6. The van der Waals surface area contributed by atoms with E-state index in [9.17, 15) is 20.4 Å². The molecule has 0 saturated heterocycles. The van der Waals surface area contributed by atoms with Crippen molar-refractivity contribution in [3.05, 3.63) is 202 Å². The van der Waals surface area contributed by atoms with Crippen LogP contribution >= 0.6 is 0 Å². The molecule has 6 N–H and O–H groups in total. The van der Waals surface area contributed by atoms with Crippen molar-refractivity contribution in [2.75, 3.05) is 10.6 Å². The van der Waals surface area contributed by atoms with Crippen LogP contribution in [0.2, 0.25) is 0 Å². The molecule has 57 heavy (non-hydrogen) atoms. The third-order valence-electron chi connectivity index (χ3n) is 10.2. The molecule has 0 bridgehead atoms. The lowest BCUT2D eigenvalue weighted by molar-refractivity contribution is 0.402. The summed E-state index contributed by atoms with van der Waals surface area (Å²) in [5.74, 6) is -0.306. The van der Waals surface area contributed by atoms with Gasteiger partial charge in [0.1, 0.15) is 11.4 Å². The number of anilines is 4. The largest absolute Gasteiger partial charge is 0.494 e. The highest BCUT2D eigenvalue weighted by Crippen LogP contribution is 2.39. The van der Waals surface area contributed by atoms with Crippen molar-refractivity contribution in [2.24, 2.45) is 0 Å². The molecule has 2 heterocycles. The van der Waals surface area contributed by atoms with Crippen LogP contribution in [-0.4, -0.2) is 29.6 Å². The van der Waals surface area contributed by atoms with Crippen LogP contribution in [0.3, 0.4) is 0 Å². The molecule has 0 fully saturated rings. The first-order valence-corrected chi connectivity index (χ1v) is 18.9. The zero-order valence-electron chi connectivity index (χ0n) is 31.8. The fourth-order valence-electron chi connectivity index (χ4n) is 7.03. The van der Waals surface area contributed by atoms with Crippen LogP contribution in [0.1, 0.15) is 44.5 Å². The number of aromatic nitrogens is 2. The molecule has 0 saturated carbocycles. The van der Waals surface area contributed by atoms with E-state index in [4.69, 9.17) is 0 Å². The van der Waals surface area contributed by atoms with Crippen molar-refractivity contribution >= 4 is 22.7 Å². The van der Waals surface area contributed by atoms with Crippen LogP contribution in [0.4, 0.5) is 22.7 Å². The van der Waals surface area contributed by atoms with Gasteiger partial charge in [-0.3, -0.25) is 0 Å². The highest BCUT2D eigenvalue weighted by molar-refractivity contribution is 5.70. The minimum Gasteiger partial charge on any atom is -0.494 e. The second-order valence-corrected chi connectivity index (χ2v) is 14.6. The number of benzene rings is 6. The maximum Gasteiger partial charge on any atom is 0.223 e. The standard InChI is InChI=1S/C49H44N4O4/c1-32-3-7-34(8-4-32)27-38-15-23-42(24-16-38)52-46(54)30-44(48(52)56)50-40-19-11-36(12-20-40)29-37-13-21-41(22-14-37)51-45-31-47(55)53(49(45)57)43-25-17-39(18-26-43)28-35-9-5-33(2)6-10-35/h3-26,30-31,50-51,54-57H,27-29H2,1-2H3. The maximum atomic E-state index is 11.1. The zero-order valence-corrected chi connectivity index (χ0v) is 31.8. The predicted octanol–water partition coefficient (Wildman–Crippen LogP) is 11.0. The Balaban J connectivity index is 0.870. The summed E-state index contributed by atoms with van der Waals surface area (Å²) in [6.45, 7) is 4.15. The van der Waals surface area contributed by atoms with Crippen LogP contribution in [0, 0.1) is 13.8 Å². The number of rotatable bonds is 12. The third-order valence-corrected chi connectivity index (χ3v) is 10.2. The molecular formula is C49H44N4O4. The monoisotopic (exact) mass is 752 g/mol. The van der Waals surface area contributed by atoms with Gasteiger partial charge in [0.2, 0.25) is 23.5 Å².